The Labute approximate surface area is 94.3 Å². The molecule has 0 aromatic carbocycles. The Morgan fingerprint density at radius 3 is 2.00 bits per heavy atom. The van der Waals surface area contributed by atoms with E-state index in [1.54, 1.807) is 0 Å². The van der Waals surface area contributed by atoms with Crippen LogP contribution in [0.25, 0.3) is 0 Å². The second-order valence-electron chi connectivity index (χ2n) is 6.20. The number of aliphatic hydroxyl groups is 1. The summed E-state index contributed by atoms with van der Waals surface area (Å²) in [6.07, 6.45) is 10.2. The van der Waals surface area contributed by atoms with Crippen molar-refractivity contribution in [2.45, 2.75) is 70.8 Å². The van der Waals surface area contributed by atoms with Crippen LogP contribution in [0.15, 0.2) is 0 Å². The minimum Gasteiger partial charge on any atom is -0.389 e. The summed E-state index contributed by atoms with van der Waals surface area (Å²) in [5.41, 5.74) is -0.297. The van der Waals surface area contributed by atoms with E-state index in [-0.39, 0.29) is 5.60 Å². The van der Waals surface area contributed by atoms with Gasteiger partial charge in [0.05, 0.1) is 5.60 Å². The zero-order chi connectivity index (χ0) is 10.9. The molecule has 2 fully saturated rings. The maximum absolute atomic E-state index is 10.9. The summed E-state index contributed by atoms with van der Waals surface area (Å²) in [4.78, 5) is 0. The molecule has 0 amide bonds. The molecule has 0 aliphatic heterocycles. The summed E-state index contributed by atoms with van der Waals surface area (Å²) < 4.78 is 0. The van der Waals surface area contributed by atoms with Crippen LogP contribution >= 0.6 is 0 Å². The molecule has 2 saturated carbocycles. The van der Waals surface area contributed by atoms with Gasteiger partial charge in [-0.05, 0) is 49.9 Å². The van der Waals surface area contributed by atoms with Crippen LogP contribution in [-0.4, -0.2) is 10.7 Å². The van der Waals surface area contributed by atoms with E-state index in [0.717, 1.165) is 6.42 Å². The molecule has 0 spiro atoms. The zero-order valence-corrected chi connectivity index (χ0v) is 10.3. The summed E-state index contributed by atoms with van der Waals surface area (Å²) in [6.45, 7) is 4.49. The molecule has 2 aliphatic carbocycles. The lowest BCUT2D eigenvalue weighted by atomic mass is 9.71. The predicted molar refractivity (Wildman–Crippen MR) is 63.7 cm³/mol. The van der Waals surface area contributed by atoms with Gasteiger partial charge in [0, 0.05) is 0 Å². The van der Waals surface area contributed by atoms with Gasteiger partial charge < -0.3 is 5.11 Å². The van der Waals surface area contributed by atoms with Crippen LogP contribution in [0.4, 0.5) is 0 Å². The highest BCUT2D eigenvalue weighted by Crippen LogP contribution is 2.50. The van der Waals surface area contributed by atoms with E-state index in [2.05, 4.69) is 13.8 Å². The van der Waals surface area contributed by atoms with Crippen molar-refractivity contribution >= 4 is 0 Å². The van der Waals surface area contributed by atoms with E-state index in [4.69, 9.17) is 0 Å². The van der Waals surface area contributed by atoms with E-state index in [1.807, 2.05) is 0 Å². The smallest absolute Gasteiger partial charge is 0.0706 e. The first-order valence-electron chi connectivity index (χ1n) is 6.85. The van der Waals surface area contributed by atoms with E-state index < -0.39 is 0 Å². The molecule has 2 rings (SSSR count). The van der Waals surface area contributed by atoms with Gasteiger partial charge in [0.1, 0.15) is 0 Å². The predicted octanol–water partition coefficient (Wildman–Crippen LogP) is 3.75. The third kappa shape index (κ3) is 2.55. The SMILES string of the molecule is CC(C)CC(O)(C1CCCCC1)C1CC1. The normalized spacial score (nSPS) is 28.0. The molecule has 0 radical (unpaired) electrons. The van der Waals surface area contributed by atoms with Gasteiger partial charge in [-0.15, -0.1) is 0 Å². The first-order valence-corrected chi connectivity index (χ1v) is 6.85. The maximum atomic E-state index is 10.9. The van der Waals surface area contributed by atoms with Crippen LogP contribution in [0.5, 0.6) is 0 Å². The first-order chi connectivity index (χ1) is 7.13. The molecular formula is C14H26O. The second-order valence-corrected chi connectivity index (χ2v) is 6.20. The fraction of sp³-hybridized carbons (Fsp3) is 1.00. The fourth-order valence-electron chi connectivity index (χ4n) is 3.51. The van der Waals surface area contributed by atoms with Gasteiger partial charge in [0.2, 0.25) is 0 Å². The van der Waals surface area contributed by atoms with Crippen molar-refractivity contribution in [1.29, 1.82) is 0 Å². The average Bonchev–Trinajstić information content (AvgIpc) is 3.01. The Hall–Kier alpha value is -0.0400. The molecule has 15 heavy (non-hydrogen) atoms. The summed E-state index contributed by atoms with van der Waals surface area (Å²) in [7, 11) is 0. The van der Waals surface area contributed by atoms with Crippen LogP contribution < -0.4 is 0 Å². The molecule has 1 heteroatoms. The van der Waals surface area contributed by atoms with Gasteiger partial charge in [-0.25, -0.2) is 0 Å². The average molecular weight is 210 g/mol. The van der Waals surface area contributed by atoms with Crippen molar-refractivity contribution in [1.82, 2.24) is 0 Å². The Bertz CT molecular complexity index is 201. The lowest BCUT2D eigenvalue weighted by Crippen LogP contribution is -2.42. The van der Waals surface area contributed by atoms with Crippen molar-refractivity contribution in [2.75, 3.05) is 0 Å². The van der Waals surface area contributed by atoms with Gasteiger partial charge in [-0.2, -0.15) is 0 Å². The highest BCUT2D eigenvalue weighted by Gasteiger charge is 2.48. The second kappa shape index (κ2) is 4.45. The quantitative estimate of drug-likeness (QED) is 0.749. The number of hydrogen-bond acceptors (Lipinski definition) is 1. The summed E-state index contributed by atoms with van der Waals surface area (Å²) in [5.74, 6) is 1.89. The first kappa shape index (κ1) is 11.4. The Kier molecular flexibility index (Phi) is 3.39. The van der Waals surface area contributed by atoms with Gasteiger partial charge in [0.25, 0.3) is 0 Å². The maximum Gasteiger partial charge on any atom is 0.0706 e. The Morgan fingerprint density at radius 2 is 1.53 bits per heavy atom. The van der Waals surface area contributed by atoms with Crippen molar-refractivity contribution in [3.8, 4) is 0 Å². The van der Waals surface area contributed by atoms with Gasteiger partial charge in [-0.3, -0.25) is 0 Å². The third-order valence-electron chi connectivity index (χ3n) is 4.33. The van der Waals surface area contributed by atoms with Crippen molar-refractivity contribution < 1.29 is 5.11 Å². The molecule has 0 aromatic rings. The number of rotatable bonds is 4. The molecule has 1 atom stereocenters. The molecule has 0 saturated heterocycles. The Balaban J connectivity index is 2.02. The van der Waals surface area contributed by atoms with Gasteiger partial charge in [0.15, 0.2) is 0 Å². The summed E-state index contributed by atoms with van der Waals surface area (Å²) >= 11 is 0. The third-order valence-corrected chi connectivity index (χ3v) is 4.33. The zero-order valence-electron chi connectivity index (χ0n) is 10.3. The highest BCUT2D eigenvalue weighted by molar-refractivity contribution is 5.00. The minimum atomic E-state index is -0.297. The largest absolute Gasteiger partial charge is 0.389 e. The number of hydrogen-bond donors (Lipinski definition) is 1. The van der Waals surface area contributed by atoms with Crippen molar-refractivity contribution in [3.63, 3.8) is 0 Å². The molecule has 2 aliphatic rings. The van der Waals surface area contributed by atoms with E-state index in [9.17, 15) is 5.11 Å². The molecular weight excluding hydrogens is 184 g/mol. The van der Waals surface area contributed by atoms with Crippen LogP contribution in [0.1, 0.15) is 65.2 Å². The van der Waals surface area contributed by atoms with Gasteiger partial charge >= 0.3 is 0 Å². The standard InChI is InChI=1S/C14H26O/c1-11(2)10-14(15,13-8-9-13)12-6-4-3-5-7-12/h11-13,15H,3-10H2,1-2H3. The van der Waals surface area contributed by atoms with E-state index >= 15 is 0 Å². The fourth-order valence-corrected chi connectivity index (χ4v) is 3.51. The summed E-state index contributed by atoms with van der Waals surface area (Å²) in [6, 6.07) is 0. The Morgan fingerprint density at radius 1 is 1.00 bits per heavy atom. The van der Waals surface area contributed by atoms with Crippen LogP contribution in [-0.2, 0) is 0 Å². The molecule has 88 valence electrons. The molecule has 1 nitrogen and oxygen atoms in total. The van der Waals surface area contributed by atoms with E-state index in [1.165, 1.54) is 44.9 Å². The lowest BCUT2D eigenvalue weighted by Gasteiger charge is -2.40. The lowest BCUT2D eigenvalue weighted by molar-refractivity contribution is -0.0675. The molecule has 0 aromatic heterocycles. The highest BCUT2D eigenvalue weighted by atomic mass is 16.3. The van der Waals surface area contributed by atoms with Gasteiger partial charge in [-0.1, -0.05) is 33.1 Å². The molecule has 0 bridgehead atoms. The van der Waals surface area contributed by atoms with Crippen LogP contribution in [0.3, 0.4) is 0 Å². The molecule has 1 unspecified atom stereocenters. The minimum absolute atomic E-state index is 0.297. The van der Waals surface area contributed by atoms with Crippen molar-refractivity contribution in [3.05, 3.63) is 0 Å². The molecule has 1 N–H and O–H groups in total. The van der Waals surface area contributed by atoms with Crippen molar-refractivity contribution in [2.24, 2.45) is 17.8 Å². The topological polar surface area (TPSA) is 20.2 Å². The van der Waals surface area contributed by atoms with Crippen LogP contribution in [0, 0.1) is 17.8 Å². The monoisotopic (exact) mass is 210 g/mol. The summed E-state index contributed by atoms with van der Waals surface area (Å²) in [5, 5.41) is 10.9. The molecule has 0 heterocycles. The van der Waals surface area contributed by atoms with E-state index in [0.29, 0.717) is 17.8 Å². The van der Waals surface area contributed by atoms with Crippen LogP contribution in [0.2, 0.25) is 0 Å².